The maximum Gasteiger partial charge on any atom is 0.419 e. The van der Waals surface area contributed by atoms with Gasteiger partial charge in [0.2, 0.25) is 0 Å². The maximum atomic E-state index is 12.9. The van der Waals surface area contributed by atoms with Crippen molar-refractivity contribution in [2.75, 3.05) is 0 Å². The van der Waals surface area contributed by atoms with Crippen LogP contribution >= 0.6 is 0 Å². The summed E-state index contributed by atoms with van der Waals surface area (Å²) in [5, 5.41) is 14.2. The molecule has 0 saturated carbocycles. The number of aliphatic hydroxyl groups excluding tert-OH is 1. The van der Waals surface area contributed by atoms with Gasteiger partial charge in [-0.15, -0.1) is 0 Å². The number of halogens is 6. The van der Waals surface area contributed by atoms with Gasteiger partial charge in [0, 0.05) is 18.6 Å². The van der Waals surface area contributed by atoms with E-state index in [9.17, 15) is 36.2 Å². The van der Waals surface area contributed by atoms with Crippen molar-refractivity contribution in [2.45, 2.75) is 31.6 Å². The number of carbonyl (C=O) groups excluding carboxylic acids is 1. The molecule has 1 N–H and O–H groups in total. The van der Waals surface area contributed by atoms with Gasteiger partial charge in [0.25, 0.3) is 0 Å². The molecule has 0 aliphatic rings. The Morgan fingerprint density at radius 3 is 2.36 bits per heavy atom. The van der Waals surface area contributed by atoms with Crippen molar-refractivity contribution in [3.8, 4) is 0 Å². The van der Waals surface area contributed by atoms with Crippen molar-refractivity contribution >= 4 is 5.97 Å². The summed E-state index contributed by atoms with van der Waals surface area (Å²) in [5.74, 6) is -2.45. The molecule has 0 radical (unpaired) electrons. The van der Waals surface area contributed by atoms with E-state index in [1.54, 1.807) is 0 Å². The lowest BCUT2D eigenvalue weighted by molar-refractivity contribution is -0.155. The molecule has 0 bridgehead atoms. The molecule has 3 aromatic rings. The highest BCUT2D eigenvalue weighted by molar-refractivity contribution is 5.73. The SMILES string of the molecule is O=C(OCc1cccc(C(F)(F)F)c1)C(Cn1cc(C(F)(F)F)cn1)C(O)c1cccnc1. The number of rotatable bonds is 7. The lowest BCUT2D eigenvalue weighted by Crippen LogP contribution is -2.29. The summed E-state index contributed by atoms with van der Waals surface area (Å²) in [5.41, 5.74) is -1.73. The van der Waals surface area contributed by atoms with E-state index in [2.05, 4.69) is 10.1 Å². The number of esters is 1. The largest absolute Gasteiger partial charge is 0.460 e. The molecule has 0 fully saturated rings. The quantitative estimate of drug-likeness (QED) is 0.407. The highest BCUT2D eigenvalue weighted by Gasteiger charge is 2.35. The van der Waals surface area contributed by atoms with E-state index in [1.807, 2.05) is 0 Å². The van der Waals surface area contributed by atoms with Gasteiger partial charge >= 0.3 is 18.3 Å². The predicted octanol–water partition coefficient (Wildman–Crippen LogP) is 4.41. The standard InChI is InChI=1S/C21H17F6N3O3/c22-20(23,24)15-5-1-3-13(7-15)12-33-19(32)17(18(31)14-4-2-6-28-8-14)11-30-10-16(9-29-30)21(25,26)27/h1-10,17-18,31H,11-12H2. The van der Waals surface area contributed by atoms with Crippen LogP contribution in [0.3, 0.4) is 0 Å². The Hall–Kier alpha value is -3.41. The topological polar surface area (TPSA) is 77.2 Å². The number of nitrogens with zero attached hydrogens (tertiary/aromatic N) is 3. The number of ether oxygens (including phenoxy) is 1. The van der Waals surface area contributed by atoms with Gasteiger partial charge in [-0.05, 0) is 29.3 Å². The minimum absolute atomic E-state index is 0.0474. The third kappa shape index (κ3) is 6.31. The fourth-order valence-corrected chi connectivity index (χ4v) is 3.00. The summed E-state index contributed by atoms with van der Waals surface area (Å²) < 4.78 is 83.2. The fraction of sp³-hybridized carbons (Fsp3) is 0.286. The lowest BCUT2D eigenvalue weighted by atomic mass is 9.97. The Morgan fingerprint density at radius 2 is 1.76 bits per heavy atom. The van der Waals surface area contributed by atoms with E-state index in [0.717, 1.165) is 22.9 Å². The summed E-state index contributed by atoms with van der Waals surface area (Å²) in [6, 6.07) is 7.07. The third-order valence-corrected chi connectivity index (χ3v) is 4.69. The zero-order valence-corrected chi connectivity index (χ0v) is 16.7. The molecule has 3 rings (SSSR count). The number of alkyl halides is 6. The van der Waals surface area contributed by atoms with E-state index in [4.69, 9.17) is 4.74 Å². The highest BCUT2D eigenvalue weighted by Crippen LogP contribution is 2.31. The van der Waals surface area contributed by atoms with Crippen molar-refractivity contribution in [1.82, 2.24) is 14.8 Å². The Bertz CT molecular complexity index is 1080. The molecule has 2 aromatic heterocycles. The van der Waals surface area contributed by atoms with Crippen molar-refractivity contribution in [2.24, 2.45) is 5.92 Å². The van der Waals surface area contributed by atoms with Gasteiger partial charge in [-0.3, -0.25) is 14.5 Å². The predicted molar refractivity (Wildman–Crippen MR) is 101 cm³/mol. The second kappa shape index (κ2) is 9.61. The molecule has 0 saturated heterocycles. The number of benzene rings is 1. The summed E-state index contributed by atoms with van der Waals surface area (Å²) >= 11 is 0. The molecule has 12 heteroatoms. The summed E-state index contributed by atoms with van der Waals surface area (Å²) in [6.45, 7) is -1.01. The Kier molecular flexibility index (Phi) is 7.06. The molecule has 2 atom stereocenters. The van der Waals surface area contributed by atoms with E-state index in [-0.39, 0.29) is 11.1 Å². The first-order valence-electron chi connectivity index (χ1n) is 9.45. The minimum Gasteiger partial charge on any atom is -0.460 e. The molecule has 0 spiro atoms. The normalized spacial score (nSPS) is 14.0. The maximum absolute atomic E-state index is 12.9. The van der Waals surface area contributed by atoms with Gasteiger partial charge in [-0.25, -0.2) is 0 Å². The van der Waals surface area contributed by atoms with Crippen LogP contribution in [0.15, 0.2) is 61.2 Å². The minimum atomic E-state index is -4.65. The van der Waals surface area contributed by atoms with Crippen LogP contribution in [-0.2, 0) is 35.0 Å². The van der Waals surface area contributed by atoms with Gasteiger partial charge in [0.05, 0.1) is 30.0 Å². The Labute approximate surface area is 183 Å². The second-order valence-electron chi connectivity index (χ2n) is 7.09. The second-order valence-corrected chi connectivity index (χ2v) is 7.09. The first-order chi connectivity index (χ1) is 15.4. The molecule has 6 nitrogen and oxygen atoms in total. The fourth-order valence-electron chi connectivity index (χ4n) is 3.00. The summed E-state index contributed by atoms with van der Waals surface area (Å²) in [6.07, 6.45) is -6.84. The van der Waals surface area contributed by atoms with Gasteiger partial charge in [0.15, 0.2) is 0 Å². The van der Waals surface area contributed by atoms with E-state index < -0.39 is 54.6 Å². The van der Waals surface area contributed by atoms with Crippen molar-refractivity contribution in [1.29, 1.82) is 0 Å². The number of carbonyl (C=O) groups is 1. The molecule has 0 amide bonds. The molecule has 0 aliphatic heterocycles. The Morgan fingerprint density at radius 1 is 1.03 bits per heavy atom. The average molecular weight is 473 g/mol. The molecule has 33 heavy (non-hydrogen) atoms. The van der Waals surface area contributed by atoms with Gasteiger partial charge in [-0.2, -0.15) is 31.4 Å². The first-order valence-corrected chi connectivity index (χ1v) is 9.45. The number of aliphatic hydroxyl groups is 1. The molecule has 1 aromatic carbocycles. The average Bonchev–Trinajstić information content (AvgIpc) is 3.25. The number of hydrogen-bond donors (Lipinski definition) is 1. The highest BCUT2D eigenvalue weighted by atomic mass is 19.4. The van der Waals surface area contributed by atoms with E-state index in [0.29, 0.717) is 12.4 Å². The van der Waals surface area contributed by atoms with Crippen LogP contribution in [0.25, 0.3) is 0 Å². The zero-order chi connectivity index (χ0) is 24.2. The van der Waals surface area contributed by atoms with Crippen LogP contribution in [0.5, 0.6) is 0 Å². The molecular weight excluding hydrogens is 456 g/mol. The molecule has 2 unspecified atom stereocenters. The summed E-state index contributed by atoms with van der Waals surface area (Å²) in [7, 11) is 0. The van der Waals surface area contributed by atoms with Crippen LogP contribution < -0.4 is 0 Å². The van der Waals surface area contributed by atoms with Crippen molar-refractivity contribution in [3.63, 3.8) is 0 Å². The van der Waals surface area contributed by atoms with Crippen molar-refractivity contribution in [3.05, 3.63) is 83.4 Å². The molecule has 2 heterocycles. The third-order valence-electron chi connectivity index (χ3n) is 4.69. The number of hydrogen-bond acceptors (Lipinski definition) is 5. The van der Waals surface area contributed by atoms with Gasteiger partial charge in [-0.1, -0.05) is 18.2 Å². The lowest BCUT2D eigenvalue weighted by Gasteiger charge is -2.22. The van der Waals surface area contributed by atoms with Crippen LogP contribution in [0.1, 0.15) is 28.4 Å². The van der Waals surface area contributed by atoms with Gasteiger partial charge < -0.3 is 9.84 Å². The zero-order valence-electron chi connectivity index (χ0n) is 16.7. The molecular formula is C21H17F6N3O3. The number of aromatic nitrogens is 3. The van der Waals surface area contributed by atoms with Gasteiger partial charge in [0.1, 0.15) is 12.5 Å². The van der Waals surface area contributed by atoms with Crippen LogP contribution in [0.2, 0.25) is 0 Å². The van der Waals surface area contributed by atoms with Crippen LogP contribution in [-0.4, -0.2) is 25.8 Å². The molecule has 176 valence electrons. The molecule has 0 aliphatic carbocycles. The first kappa shape index (κ1) is 24.2. The van der Waals surface area contributed by atoms with Crippen LogP contribution in [0, 0.1) is 5.92 Å². The van der Waals surface area contributed by atoms with Crippen molar-refractivity contribution < 1.29 is 41.0 Å². The Balaban J connectivity index is 1.80. The number of pyridine rings is 1. The summed E-state index contributed by atoms with van der Waals surface area (Å²) in [4.78, 5) is 16.6. The monoisotopic (exact) mass is 473 g/mol. The van der Waals surface area contributed by atoms with Crippen LogP contribution in [0.4, 0.5) is 26.3 Å². The smallest absolute Gasteiger partial charge is 0.419 e. The van der Waals surface area contributed by atoms with E-state index >= 15 is 0 Å². The van der Waals surface area contributed by atoms with E-state index in [1.165, 1.54) is 30.6 Å².